The highest BCUT2D eigenvalue weighted by Gasteiger charge is 2.16. The van der Waals surface area contributed by atoms with Crippen molar-refractivity contribution in [3.05, 3.63) is 66.4 Å². The van der Waals surface area contributed by atoms with Gasteiger partial charge in [-0.2, -0.15) is 0 Å². The largest absolute Gasteiger partial charge is 0.383 e. The summed E-state index contributed by atoms with van der Waals surface area (Å²) in [5.74, 6) is 1.01. The number of methoxy groups -OCH3 is 1. The number of rotatable bonds is 5. The molecule has 2 heterocycles. The first kappa shape index (κ1) is 15.7. The Labute approximate surface area is 147 Å². The van der Waals surface area contributed by atoms with Gasteiger partial charge >= 0.3 is 0 Å². The molecule has 2 aromatic heterocycles. The SMILES string of the molecule is COCCNc1c(-c2ccccc2C)nc2c3ccccc3ccn12. The van der Waals surface area contributed by atoms with Crippen LogP contribution in [0.25, 0.3) is 27.7 Å². The Hall–Kier alpha value is -2.85. The van der Waals surface area contributed by atoms with Gasteiger partial charge in [-0.05, 0) is 23.9 Å². The predicted molar refractivity (Wildman–Crippen MR) is 103 cm³/mol. The summed E-state index contributed by atoms with van der Waals surface area (Å²) in [6.45, 7) is 3.50. The summed E-state index contributed by atoms with van der Waals surface area (Å²) >= 11 is 0. The number of benzene rings is 2. The molecule has 0 radical (unpaired) electrons. The smallest absolute Gasteiger partial charge is 0.147 e. The Morgan fingerprint density at radius 3 is 2.68 bits per heavy atom. The van der Waals surface area contributed by atoms with Crippen molar-refractivity contribution in [2.24, 2.45) is 0 Å². The van der Waals surface area contributed by atoms with Crippen LogP contribution in [0.2, 0.25) is 0 Å². The first-order valence-electron chi connectivity index (χ1n) is 8.48. The van der Waals surface area contributed by atoms with Crippen molar-refractivity contribution in [3.8, 4) is 11.3 Å². The van der Waals surface area contributed by atoms with E-state index in [9.17, 15) is 0 Å². The van der Waals surface area contributed by atoms with Crippen molar-refractivity contribution in [2.75, 3.05) is 25.6 Å². The van der Waals surface area contributed by atoms with Crippen LogP contribution < -0.4 is 5.32 Å². The quantitative estimate of drug-likeness (QED) is 0.546. The fourth-order valence-corrected chi connectivity index (χ4v) is 3.24. The van der Waals surface area contributed by atoms with Crippen molar-refractivity contribution in [3.63, 3.8) is 0 Å². The molecule has 4 aromatic rings. The normalized spacial score (nSPS) is 11.3. The van der Waals surface area contributed by atoms with E-state index in [1.165, 1.54) is 10.9 Å². The third-order valence-electron chi connectivity index (χ3n) is 4.51. The Kier molecular flexibility index (Phi) is 4.12. The van der Waals surface area contributed by atoms with Crippen LogP contribution in [0, 0.1) is 6.92 Å². The van der Waals surface area contributed by atoms with Crippen molar-refractivity contribution in [1.29, 1.82) is 0 Å². The molecule has 0 saturated carbocycles. The monoisotopic (exact) mass is 331 g/mol. The zero-order valence-corrected chi connectivity index (χ0v) is 14.5. The molecule has 0 fully saturated rings. The van der Waals surface area contributed by atoms with E-state index in [0.717, 1.165) is 34.7 Å². The summed E-state index contributed by atoms with van der Waals surface area (Å²) < 4.78 is 7.34. The molecule has 0 aliphatic heterocycles. The highest BCUT2D eigenvalue weighted by atomic mass is 16.5. The molecule has 1 N–H and O–H groups in total. The average Bonchev–Trinajstić information content (AvgIpc) is 3.01. The summed E-state index contributed by atoms with van der Waals surface area (Å²) in [7, 11) is 1.71. The molecule has 0 saturated heterocycles. The van der Waals surface area contributed by atoms with Crippen LogP contribution in [0.15, 0.2) is 60.8 Å². The van der Waals surface area contributed by atoms with E-state index in [2.05, 4.69) is 77.4 Å². The molecule has 0 atom stereocenters. The Morgan fingerprint density at radius 2 is 1.84 bits per heavy atom. The molecule has 0 spiro atoms. The fraction of sp³-hybridized carbons (Fsp3) is 0.190. The van der Waals surface area contributed by atoms with Crippen molar-refractivity contribution in [2.45, 2.75) is 6.92 Å². The molecule has 126 valence electrons. The lowest BCUT2D eigenvalue weighted by atomic mass is 10.1. The molecule has 4 rings (SSSR count). The zero-order valence-electron chi connectivity index (χ0n) is 14.5. The number of ether oxygens (including phenoxy) is 1. The first-order chi connectivity index (χ1) is 12.3. The highest BCUT2D eigenvalue weighted by molar-refractivity contribution is 5.96. The number of nitrogens with one attached hydrogen (secondary N) is 1. The van der Waals surface area contributed by atoms with Crippen molar-refractivity contribution >= 4 is 22.2 Å². The molecule has 0 aliphatic carbocycles. The average molecular weight is 331 g/mol. The summed E-state index contributed by atoms with van der Waals surface area (Å²) in [5, 5.41) is 5.85. The number of anilines is 1. The second-order valence-corrected chi connectivity index (χ2v) is 6.14. The maximum atomic E-state index is 5.20. The van der Waals surface area contributed by atoms with Gasteiger partial charge in [0.1, 0.15) is 17.2 Å². The van der Waals surface area contributed by atoms with Gasteiger partial charge in [0.05, 0.1) is 6.61 Å². The number of aryl methyl sites for hydroxylation is 1. The topological polar surface area (TPSA) is 38.6 Å². The maximum Gasteiger partial charge on any atom is 0.147 e. The van der Waals surface area contributed by atoms with Gasteiger partial charge in [-0.15, -0.1) is 0 Å². The highest BCUT2D eigenvalue weighted by Crippen LogP contribution is 2.33. The van der Waals surface area contributed by atoms with E-state index in [4.69, 9.17) is 9.72 Å². The van der Waals surface area contributed by atoms with Crippen LogP contribution in [0.5, 0.6) is 0 Å². The van der Waals surface area contributed by atoms with Gasteiger partial charge < -0.3 is 10.1 Å². The van der Waals surface area contributed by atoms with Gasteiger partial charge in [0.15, 0.2) is 0 Å². The van der Waals surface area contributed by atoms with Crippen LogP contribution >= 0.6 is 0 Å². The molecule has 0 aliphatic rings. The lowest BCUT2D eigenvalue weighted by Gasteiger charge is -2.10. The van der Waals surface area contributed by atoms with Gasteiger partial charge in [0.2, 0.25) is 0 Å². The Bertz CT molecular complexity index is 1040. The standard InChI is InChI=1S/C21H21N3O/c1-15-7-3-5-9-17(15)19-21(22-12-14-25-2)24-13-11-16-8-4-6-10-18(16)20(24)23-19/h3-11,13,22H,12,14H2,1-2H3. The molecule has 0 bridgehead atoms. The van der Waals surface area contributed by atoms with Gasteiger partial charge in [0, 0.05) is 30.8 Å². The molecule has 0 unspecified atom stereocenters. The third kappa shape index (κ3) is 2.75. The zero-order chi connectivity index (χ0) is 17.2. The van der Waals surface area contributed by atoms with E-state index >= 15 is 0 Å². The Morgan fingerprint density at radius 1 is 1.04 bits per heavy atom. The molecule has 4 heteroatoms. The lowest BCUT2D eigenvalue weighted by Crippen LogP contribution is -2.10. The number of hydrogen-bond donors (Lipinski definition) is 1. The van der Waals surface area contributed by atoms with Gasteiger partial charge in [-0.1, -0.05) is 48.5 Å². The summed E-state index contributed by atoms with van der Waals surface area (Å²) in [6.07, 6.45) is 2.08. The van der Waals surface area contributed by atoms with E-state index in [-0.39, 0.29) is 0 Å². The summed E-state index contributed by atoms with van der Waals surface area (Å²) in [4.78, 5) is 5.01. The molecule has 25 heavy (non-hydrogen) atoms. The van der Waals surface area contributed by atoms with Crippen LogP contribution in [-0.2, 0) is 4.74 Å². The van der Waals surface area contributed by atoms with E-state index < -0.39 is 0 Å². The molecule has 2 aromatic carbocycles. The van der Waals surface area contributed by atoms with Crippen LogP contribution in [-0.4, -0.2) is 29.6 Å². The minimum atomic E-state index is 0.647. The second-order valence-electron chi connectivity index (χ2n) is 6.14. The van der Waals surface area contributed by atoms with E-state index in [0.29, 0.717) is 6.61 Å². The minimum absolute atomic E-state index is 0.647. The van der Waals surface area contributed by atoms with Gasteiger partial charge in [-0.3, -0.25) is 4.40 Å². The van der Waals surface area contributed by atoms with Crippen molar-refractivity contribution < 1.29 is 4.74 Å². The number of pyridine rings is 1. The van der Waals surface area contributed by atoms with Crippen LogP contribution in [0.3, 0.4) is 0 Å². The number of fused-ring (bicyclic) bond motifs is 3. The summed E-state index contributed by atoms with van der Waals surface area (Å²) in [5.41, 5.74) is 4.31. The second kappa shape index (κ2) is 6.57. The number of imidazole rings is 1. The van der Waals surface area contributed by atoms with Gasteiger partial charge in [-0.25, -0.2) is 4.98 Å². The molecular weight excluding hydrogens is 310 g/mol. The number of hydrogen-bond acceptors (Lipinski definition) is 3. The van der Waals surface area contributed by atoms with E-state index in [1.54, 1.807) is 7.11 Å². The molecule has 4 nitrogen and oxygen atoms in total. The minimum Gasteiger partial charge on any atom is -0.383 e. The number of aromatic nitrogens is 2. The van der Waals surface area contributed by atoms with Crippen LogP contribution in [0.1, 0.15) is 5.56 Å². The molecular formula is C21H21N3O. The molecule has 0 amide bonds. The van der Waals surface area contributed by atoms with Crippen LogP contribution in [0.4, 0.5) is 5.82 Å². The van der Waals surface area contributed by atoms with E-state index in [1.807, 2.05) is 0 Å². The number of nitrogens with zero attached hydrogens (tertiary/aromatic N) is 2. The predicted octanol–water partition coefficient (Wildman–Crippen LogP) is 4.52. The maximum absolute atomic E-state index is 5.20. The lowest BCUT2D eigenvalue weighted by molar-refractivity contribution is 0.210. The van der Waals surface area contributed by atoms with Gasteiger partial charge in [0.25, 0.3) is 0 Å². The third-order valence-corrected chi connectivity index (χ3v) is 4.51. The fourth-order valence-electron chi connectivity index (χ4n) is 3.24. The van der Waals surface area contributed by atoms with Crippen molar-refractivity contribution in [1.82, 2.24) is 9.38 Å². The summed E-state index contributed by atoms with van der Waals surface area (Å²) in [6, 6.07) is 18.9. The first-order valence-corrected chi connectivity index (χ1v) is 8.48. The Balaban J connectivity index is 1.98.